The first-order valence-electron chi connectivity index (χ1n) is 4.21. The minimum Gasteiger partial charge on any atom is -0.392 e. The Labute approximate surface area is 71.4 Å². The van der Waals surface area contributed by atoms with Crippen LogP contribution in [0.4, 0.5) is 0 Å². The first kappa shape index (κ1) is 8.97. The van der Waals surface area contributed by atoms with E-state index in [9.17, 15) is 9.59 Å². The summed E-state index contributed by atoms with van der Waals surface area (Å²) in [6, 6.07) is 0. The lowest BCUT2D eigenvalue weighted by Crippen LogP contribution is -2.29. The molecule has 1 saturated heterocycles. The zero-order valence-corrected chi connectivity index (χ0v) is 7.24. The van der Waals surface area contributed by atoms with Crippen molar-refractivity contribution in [3.05, 3.63) is 12.2 Å². The molecule has 0 aromatic carbocycles. The maximum atomic E-state index is 10.8. The Morgan fingerprint density at radius 3 is 2.00 bits per heavy atom. The number of hydrogen-bond acceptors (Lipinski definition) is 3. The van der Waals surface area contributed by atoms with E-state index in [4.69, 9.17) is 0 Å². The highest BCUT2D eigenvalue weighted by atomic mass is 16.6. The molecule has 0 N–H and O–H groups in total. The Morgan fingerprint density at radius 2 is 1.58 bits per heavy atom. The molecule has 3 nitrogen and oxygen atoms in total. The van der Waals surface area contributed by atoms with Crippen LogP contribution in [-0.4, -0.2) is 11.9 Å². The van der Waals surface area contributed by atoms with E-state index in [1.165, 1.54) is 0 Å². The van der Waals surface area contributed by atoms with Gasteiger partial charge in [0.15, 0.2) is 0 Å². The smallest absolute Gasteiger partial charge is 0.320 e. The number of rotatable bonds is 0. The van der Waals surface area contributed by atoms with Gasteiger partial charge in [0.2, 0.25) is 0 Å². The van der Waals surface area contributed by atoms with Crippen LogP contribution in [-0.2, 0) is 14.3 Å². The number of carbonyl (C=O) groups is 2. The molecule has 1 heterocycles. The van der Waals surface area contributed by atoms with E-state index in [1.807, 2.05) is 13.8 Å². The average molecular weight is 168 g/mol. The molecule has 2 aliphatic rings. The Balaban J connectivity index is 0.000000336. The fourth-order valence-corrected chi connectivity index (χ4v) is 1.30. The average Bonchev–Trinajstić information content (AvgIpc) is 2.51. The quantitative estimate of drug-likeness (QED) is 0.311. The molecule has 2 unspecified atom stereocenters. The van der Waals surface area contributed by atoms with E-state index in [-0.39, 0.29) is 11.8 Å². The molecular weight excluding hydrogens is 156 g/mol. The van der Waals surface area contributed by atoms with E-state index in [1.54, 1.807) is 12.2 Å². The number of fused-ring (bicyclic) bond motifs is 2. The van der Waals surface area contributed by atoms with Crippen molar-refractivity contribution in [2.75, 3.05) is 0 Å². The van der Waals surface area contributed by atoms with E-state index >= 15 is 0 Å². The number of cyclic esters (lactones) is 2. The van der Waals surface area contributed by atoms with Crippen LogP contribution in [0.5, 0.6) is 0 Å². The van der Waals surface area contributed by atoms with Crippen molar-refractivity contribution in [3.63, 3.8) is 0 Å². The summed E-state index contributed by atoms with van der Waals surface area (Å²) in [5.41, 5.74) is 0. The second-order valence-corrected chi connectivity index (χ2v) is 2.57. The molecule has 2 rings (SSSR count). The predicted octanol–water partition coefficient (Wildman–Crippen LogP) is 1.29. The molecule has 0 aromatic heterocycles. The summed E-state index contributed by atoms with van der Waals surface area (Å²) in [5, 5.41) is 0. The van der Waals surface area contributed by atoms with Crippen LogP contribution in [0.15, 0.2) is 12.2 Å². The van der Waals surface area contributed by atoms with Gasteiger partial charge in [0, 0.05) is 0 Å². The van der Waals surface area contributed by atoms with Gasteiger partial charge in [-0.15, -0.1) is 0 Å². The third-order valence-corrected chi connectivity index (χ3v) is 1.89. The van der Waals surface area contributed by atoms with Gasteiger partial charge < -0.3 is 4.74 Å². The number of esters is 2. The summed E-state index contributed by atoms with van der Waals surface area (Å²) < 4.78 is 4.43. The molecule has 0 radical (unpaired) electrons. The van der Waals surface area contributed by atoms with Crippen LogP contribution in [0.2, 0.25) is 0 Å². The summed E-state index contributed by atoms with van der Waals surface area (Å²) >= 11 is 0. The third-order valence-electron chi connectivity index (χ3n) is 1.89. The molecular formula is C9H12O3. The Morgan fingerprint density at radius 1 is 1.17 bits per heavy atom. The lowest BCUT2D eigenvalue weighted by molar-refractivity contribution is -0.167. The van der Waals surface area contributed by atoms with Crippen LogP contribution >= 0.6 is 0 Å². The molecule has 0 aromatic rings. The minimum atomic E-state index is -0.394. The van der Waals surface area contributed by atoms with Crippen molar-refractivity contribution in [2.45, 2.75) is 20.3 Å². The van der Waals surface area contributed by atoms with E-state index in [0.717, 1.165) is 0 Å². The molecule has 0 saturated carbocycles. The molecule has 2 bridgehead atoms. The van der Waals surface area contributed by atoms with Gasteiger partial charge in [-0.1, -0.05) is 26.0 Å². The fraction of sp³-hybridized carbons (Fsp3) is 0.556. The lowest BCUT2D eigenvalue weighted by Gasteiger charge is -2.15. The zero-order valence-electron chi connectivity index (χ0n) is 7.24. The Hall–Kier alpha value is -1.12. The minimum absolute atomic E-state index is 0.150. The van der Waals surface area contributed by atoms with Crippen LogP contribution in [0, 0.1) is 11.8 Å². The second-order valence-electron chi connectivity index (χ2n) is 2.57. The maximum absolute atomic E-state index is 10.8. The van der Waals surface area contributed by atoms with E-state index in [0.29, 0.717) is 6.42 Å². The van der Waals surface area contributed by atoms with Crippen molar-refractivity contribution >= 4 is 11.9 Å². The summed E-state index contributed by atoms with van der Waals surface area (Å²) in [6.45, 7) is 4.00. The SMILES string of the molecule is CC.O=C1OC(=O)C2C=CC1C2. The molecule has 1 aliphatic carbocycles. The molecule has 12 heavy (non-hydrogen) atoms. The topological polar surface area (TPSA) is 43.4 Å². The van der Waals surface area contributed by atoms with Crippen LogP contribution in [0.1, 0.15) is 20.3 Å². The summed E-state index contributed by atoms with van der Waals surface area (Å²) in [4.78, 5) is 21.5. The molecule has 1 fully saturated rings. The van der Waals surface area contributed by atoms with E-state index < -0.39 is 11.9 Å². The first-order valence-corrected chi connectivity index (χ1v) is 4.21. The van der Waals surface area contributed by atoms with Crippen molar-refractivity contribution in [1.29, 1.82) is 0 Å². The van der Waals surface area contributed by atoms with Crippen molar-refractivity contribution in [1.82, 2.24) is 0 Å². The van der Waals surface area contributed by atoms with Crippen molar-refractivity contribution < 1.29 is 14.3 Å². The van der Waals surface area contributed by atoms with Gasteiger partial charge in [0.25, 0.3) is 0 Å². The second kappa shape index (κ2) is 3.52. The van der Waals surface area contributed by atoms with E-state index in [2.05, 4.69) is 4.74 Å². The zero-order chi connectivity index (χ0) is 9.14. The standard InChI is InChI=1S/C7H6O3.C2H6/c8-6-4-1-2-5(3-4)7(9)10-6;1-2/h1-2,4-5H,3H2;1-2H3. The highest BCUT2D eigenvalue weighted by molar-refractivity contribution is 5.94. The van der Waals surface area contributed by atoms with Gasteiger partial charge in [-0.05, 0) is 6.42 Å². The highest BCUT2D eigenvalue weighted by Gasteiger charge is 2.38. The van der Waals surface area contributed by atoms with Gasteiger partial charge in [0.05, 0.1) is 11.8 Å². The van der Waals surface area contributed by atoms with Crippen LogP contribution < -0.4 is 0 Å². The maximum Gasteiger partial charge on any atom is 0.320 e. The van der Waals surface area contributed by atoms with Gasteiger partial charge in [-0.2, -0.15) is 0 Å². The van der Waals surface area contributed by atoms with Gasteiger partial charge in [-0.25, -0.2) is 0 Å². The number of ether oxygens (including phenoxy) is 1. The van der Waals surface area contributed by atoms with Crippen molar-refractivity contribution in [3.8, 4) is 0 Å². The monoisotopic (exact) mass is 168 g/mol. The van der Waals surface area contributed by atoms with Gasteiger partial charge in [-0.3, -0.25) is 9.59 Å². The van der Waals surface area contributed by atoms with Gasteiger partial charge in [0.1, 0.15) is 0 Å². The molecule has 0 spiro atoms. The first-order chi connectivity index (χ1) is 5.77. The molecule has 66 valence electrons. The van der Waals surface area contributed by atoms with Gasteiger partial charge >= 0.3 is 11.9 Å². The summed E-state index contributed by atoms with van der Waals surface area (Å²) in [5.74, 6) is -1.09. The molecule has 3 heteroatoms. The van der Waals surface area contributed by atoms with Crippen molar-refractivity contribution in [2.24, 2.45) is 11.8 Å². The predicted molar refractivity (Wildman–Crippen MR) is 43.2 cm³/mol. The molecule has 1 aliphatic heterocycles. The highest BCUT2D eigenvalue weighted by Crippen LogP contribution is 2.30. The Kier molecular flexibility index (Phi) is 2.63. The number of hydrogen-bond donors (Lipinski definition) is 0. The van der Waals surface area contributed by atoms with Crippen LogP contribution in [0.25, 0.3) is 0 Å². The molecule has 2 atom stereocenters. The fourth-order valence-electron chi connectivity index (χ4n) is 1.30. The summed E-state index contributed by atoms with van der Waals surface area (Å²) in [6.07, 6.45) is 4.12. The lowest BCUT2D eigenvalue weighted by atomic mass is 10.0. The summed E-state index contributed by atoms with van der Waals surface area (Å²) in [7, 11) is 0. The Bertz CT molecular complexity index is 208. The van der Waals surface area contributed by atoms with Crippen LogP contribution in [0.3, 0.4) is 0 Å². The normalized spacial score (nSPS) is 30.8. The largest absolute Gasteiger partial charge is 0.392 e. The molecule has 0 amide bonds. The third kappa shape index (κ3) is 1.40. The number of carbonyl (C=O) groups excluding carboxylic acids is 2.